The molecule has 0 aromatic heterocycles. The van der Waals surface area contributed by atoms with Gasteiger partial charge in [-0.25, -0.2) is 14.4 Å². The van der Waals surface area contributed by atoms with Gasteiger partial charge in [-0.15, -0.1) is 0 Å². The number of nitrogens with one attached hydrogen (secondary N) is 4. The van der Waals surface area contributed by atoms with Crippen molar-refractivity contribution < 1.29 is 43.0 Å². The van der Waals surface area contributed by atoms with Crippen LogP contribution in [0.5, 0.6) is 0 Å². The first-order valence-electron chi connectivity index (χ1n) is 25.8. The Hall–Kier alpha value is -6.99. The fourth-order valence-electron chi connectivity index (χ4n) is 8.71. The third-order valence-electron chi connectivity index (χ3n) is 12.2. The maximum absolute atomic E-state index is 15.2. The second-order valence-corrected chi connectivity index (χ2v) is 21.8. The Morgan fingerprint density at radius 3 is 1.61 bits per heavy atom. The second-order valence-electron chi connectivity index (χ2n) is 21.4. The SMILES string of the molecule is Cc1ccc(C(OC(=O)[C@@H](CCCCNC(=O)OC(C)(C)C)NC(=O)[C@H](CC(=O)[C@@H](Cc2ccccc2)NC(=O)[C@@H](Cc2ccccc2)NC(=O)OC(C)(C)C)CC(C)C)(c2ccccc2)c2ccccc2Cl)cc1. The van der Waals surface area contributed by atoms with Gasteiger partial charge in [0.15, 0.2) is 11.4 Å². The zero-order chi connectivity index (χ0) is 54.8. The molecule has 5 aromatic rings. The Labute approximate surface area is 448 Å². The van der Waals surface area contributed by atoms with Crippen LogP contribution in [0.1, 0.15) is 121 Å². The van der Waals surface area contributed by atoms with Crippen LogP contribution in [-0.2, 0) is 51.8 Å². The zero-order valence-corrected chi connectivity index (χ0v) is 45.6. The van der Waals surface area contributed by atoms with E-state index in [1.54, 1.807) is 53.7 Å². The van der Waals surface area contributed by atoms with Crippen LogP contribution in [0.3, 0.4) is 0 Å². The van der Waals surface area contributed by atoms with Crippen LogP contribution in [0, 0.1) is 18.8 Å². The summed E-state index contributed by atoms with van der Waals surface area (Å²) in [5.41, 5.74) is 1.13. The van der Waals surface area contributed by atoms with E-state index in [-0.39, 0.29) is 44.6 Å². The molecule has 75 heavy (non-hydrogen) atoms. The molecule has 4 N–H and O–H groups in total. The largest absolute Gasteiger partial charge is 0.444 e. The quantitative estimate of drug-likeness (QED) is 0.0203. The number of Topliss-reactive ketones (excluding diaryl/α,β-unsaturated/α-hetero) is 1. The number of ether oxygens (including phenoxy) is 3. The van der Waals surface area contributed by atoms with E-state index in [2.05, 4.69) is 21.3 Å². The minimum atomic E-state index is -1.58. The number of alkyl carbamates (subject to hydrolysis) is 2. The van der Waals surface area contributed by atoms with Gasteiger partial charge in [-0.05, 0) is 104 Å². The Morgan fingerprint density at radius 1 is 0.547 bits per heavy atom. The van der Waals surface area contributed by atoms with Crippen molar-refractivity contribution in [1.82, 2.24) is 21.3 Å². The molecule has 14 heteroatoms. The summed E-state index contributed by atoms with van der Waals surface area (Å²) < 4.78 is 17.8. The van der Waals surface area contributed by atoms with Gasteiger partial charge < -0.3 is 35.5 Å². The van der Waals surface area contributed by atoms with E-state index in [0.29, 0.717) is 34.6 Å². The van der Waals surface area contributed by atoms with Gasteiger partial charge in [-0.3, -0.25) is 14.4 Å². The highest BCUT2D eigenvalue weighted by molar-refractivity contribution is 6.31. The molecule has 0 aliphatic carbocycles. The number of unbranched alkanes of at least 4 members (excludes halogenated alkanes) is 1. The van der Waals surface area contributed by atoms with E-state index in [4.69, 9.17) is 25.8 Å². The van der Waals surface area contributed by atoms with Crippen LogP contribution < -0.4 is 21.3 Å². The van der Waals surface area contributed by atoms with Crippen molar-refractivity contribution in [2.75, 3.05) is 6.54 Å². The Bertz CT molecular complexity index is 2650. The first-order valence-corrected chi connectivity index (χ1v) is 26.2. The minimum Gasteiger partial charge on any atom is -0.444 e. The predicted octanol–water partition coefficient (Wildman–Crippen LogP) is 11.1. The smallest absolute Gasteiger partial charge is 0.408 e. The molecule has 0 bridgehead atoms. The molecular formula is C61H75ClN4O9. The van der Waals surface area contributed by atoms with Crippen LogP contribution in [0.2, 0.25) is 5.02 Å². The summed E-state index contributed by atoms with van der Waals surface area (Å²) in [6.07, 6.45) is -0.299. The number of hydrogen-bond acceptors (Lipinski definition) is 9. The molecule has 5 atom stereocenters. The number of amides is 4. The van der Waals surface area contributed by atoms with Gasteiger partial charge in [0, 0.05) is 47.0 Å². The van der Waals surface area contributed by atoms with E-state index in [9.17, 15) is 24.0 Å². The molecular weight excluding hydrogens is 968 g/mol. The molecule has 1 unspecified atom stereocenters. The number of carbonyl (C=O) groups excluding carboxylic acids is 6. The van der Waals surface area contributed by atoms with E-state index >= 15 is 4.79 Å². The van der Waals surface area contributed by atoms with Gasteiger partial charge in [-0.1, -0.05) is 164 Å². The average molecular weight is 1040 g/mol. The molecule has 0 spiro atoms. The van der Waals surface area contributed by atoms with Gasteiger partial charge >= 0.3 is 18.2 Å². The fraction of sp³-hybridized carbons (Fsp3) is 0.410. The number of hydrogen-bond donors (Lipinski definition) is 4. The van der Waals surface area contributed by atoms with Crippen LogP contribution in [-0.4, -0.2) is 71.6 Å². The van der Waals surface area contributed by atoms with Crippen molar-refractivity contribution in [1.29, 1.82) is 0 Å². The van der Waals surface area contributed by atoms with E-state index < -0.39 is 76.6 Å². The molecule has 0 heterocycles. The van der Waals surface area contributed by atoms with Crippen LogP contribution >= 0.6 is 11.6 Å². The molecule has 5 aromatic carbocycles. The molecule has 0 aliphatic rings. The molecule has 0 aliphatic heterocycles. The first-order chi connectivity index (χ1) is 35.5. The standard InChI is InChI=1S/C61H75ClN4O9/c1-41(2)37-45(40-53(67)51(38-43-23-13-10-14-24-43)65-55(69)52(39-44-25-15-11-16-26-44)66-58(72)75-60(7,8)9)54(68)64-50(31-21-22-36-63-57(71)74-59(4,5)6)56(70)73-61(46-27-17-12-18-28-46,47-34-32-42(3)33-35-47)48-29-19-20-30-49(48)62/h10-20,23-30,32-35,41,45,50-52H,21-22,31,36-40H2,1-9H3,(H,63,71)(H,64,68)(H,65,69)(H,66,72)/t45-,50+,51+,52+,61?/m0/s1. The minimum absolute atomic E-state index is 0.0687. The third kappa shape index (κ3) is 18.7. The van der Waals surface area contributed by atoms with Crippen molar-refractivity contribution in [3.63, 3.8) is 0 Å². The maximum Gasteiger partial charge on any atom is 0.408 e. The number of esters is 1. The lowest BCUT2D eigenvalue weighted by Crippen LogP contribution is -2.54. The van der Waals surface area contributed by atoms with Crippen LogP contribution in [0.15, 0.2) is 140 Å². The number of rotatable bonds is 24. The molecule has 0 fully saturated rings. The second kappa shape index (κ2) is 27.5. The lowest BCUT2D eigenvalue weighted by Gasteiger charge is -2.37. The molecule has 13 nitrogen and oxygen atoms in total. The summed E-state index contributed by atoms with van der Waals surface area (Å²) in [7, 11) is 0. The normalized spacial score (nSPS) is 14.0. The van der Waals surface area contributed by atoms with Gasteiger partial charge in [0.05, 0.1) is 6.04 Å². The summed E-state index contributed by atoms with van der Waals surface area (Å²) in [4.78, 5) is 85.1. The molecule has 0 saturated carbocycles. The lowest BCUT2D eigenvalue weighted by molar-refractivity contribution is -0.158. The Kier molecular flexibility index (Phi) is 21.6. The van der Waals surface area contributed by atoms with Crippen molar-refractivity contribution in [3.8, 4) is 0 Å². The Morgan fingerprint density at radius 2 is 1.05 bits per heavy atom. The van der Waals surface area contributed by atoms with Crippen molar-refractivity contribution in [2.24, 2.45) is 11.8 Å². The van der Waals surface area contributed by atoms with Crippen LogP contribution in [0.4, 0.5) is 9.59 Å². The van der Waals surface area contributed by atoms with Crippen molar-refractivity contribution in [3.05, 3.63) is 178 Å². The number of ketones is 1. The summed E-state index contributed by atoms with van der Waals surface area (Å²) in [6.45, 7) is 16.6. The van der Waals surface area contributed by atoms with Crippen molar-refractivity contribution >= 4 is 47.4 Å². The van der Waals surface area contributed by atoms with Gasteiger partial charge in [0.25, 0.3) is 0 Å². The number of aryl methyl sites for hydroxylation is 1. The summed E-state index contributed by atoms with van der Waals surface area (Å²) >= 11 is 7.03. The summed E-state index contributed by atoms with van der Waals surface area (Å²) in [6, 6.07) is 39.0. The van der Waals surface area contributed by atoms with Gasteiger partial charge in [0.2, 0.25) is 11.8 Å². The number of halogens is 1. The fourth-order valence-corrected chi connectivity index (χ4v) is 8.98. The molecule has 0 radical (unpaired) electrons. The van der Waals surface area contributed by atoms with Crippen molar-refractivity contribution in [2.45, 2.75) is 142 Å². The van der Waals surface area contributed by atoms with E-state index in [0.717, 1.165) is 16.7 Å². The van der Waals surface area contributed by atoms with Gasteiger partial charge in [0.1, 0.15) is 23.3 Å². The monoisotopic (exact) mass is 1040 g/mol. The Balaban J connectivity index is 1.49. The topological polar surface area (TPSA) is 178 Å². The average Bonchev–Trinajstić information content (AvgIpc) is 3.34. The highest BCUT2D eigenvalue weighted by Crippen LogP contribution is 2.44. The summed E-state index contributed by atoms with van der Waals surface area (Å²) in [5, 5.41) is 11.8. The highest BCUT2D eigenvalue weighted by Gasteiger charge is 2.44. The van der Waals surface area contributed by atoms with E-state index in [1.807, 2.05) is 148 Å². The third-order valence-corrected chi connectivity index (χ3v) is 12.5. The number of carbonyl (C=O) groups is 6. The maximum atomic E-state index is 15.2. The molecule has 4 amide bonds. The van der Waals surface area contributed by atoms with Crippen LogP contribution in [0.25, 0.3) is 0 Å². The molecule has 400 valence electrons. The summed E-state index contributed by atoms with van der Waals surface area (Å²) in [5.74, 6) is -3.35. The lowest BCUT2D eigenvalue weighted by atomic mass is 9.79. The zero-order valence-electron chi connectivity index (χ0n) is 44.9. The van der Waals surface area contributed by atoms with Gasteiger partial charge in [-0.2, -0.15) is 0 Å². The van der Waals surface area contributed by atoms with E-state index in [1.165, 1.54) is 0 Å². The first kappa shape index (κ1) is 58.9. The number of benzene rings is 5. The highest BCUT2D eigenvalue weighted by atomic mass is 35.5. The molecule has 0 saturated heterocycles. The molecule has 5 rings (SSSR count). The predicted molar refractivity (Wildman–Crippen MR) is 293 cm³/mol.